The SMILES string of the molecule is CC(=O)c1ccc(Sc2nc(C)c(C)o2)cn1. The van der Waals surface area contributed by atoms with E-state index >= 15 is 0 Å². The summed E-state index contributed by atoms with van der Waals surface area (Å²) < 4.78 is 5.45. The van der Waals surface area contributed by atoms with Crippen molar-refractivity contribution in [1.29, 1.82) is 0 Å². The Bertz CT molecular complexity index is 527. The van der Waals surface area contributed by atoms with E-state index in [2.05, 4.69) is 9.97 Å². The molecule has 0 fully saturated rings. The summed E-state index contributed by atoms with van der Waals surface area (Å²) in [4.78, 5) is 20.3. The van der Waals surface area contributed by atoms with Crippen LogP contribution in [0.2, 0.25) is 0 Å². The molecule has 0 bridgehead atoms. The number of Topliss-reactive ketones (excluding diaryl/α,β-unsaturated/α-hetero) is 1. The van der Waals surface area contributed by atoms with Gasteiger partial charge in [-0.15, -0.1) is 0 Å². The van der Waals surface area contributed by atoms with Gasteiger partial charge in [-0.25, -0.2) is 4.98 Å². The fourth-order valence-electron chi connectivity index (χ4n) is 1.24. The summed E-state index contributed by atoms with van der Waals surface area (Å²) in [5, 5.41) is 0.595. The molecule has 2 rings (SSSR count). The maximum atomic E-state index is 11.1. The maximum absolute atomic E-state index is 11.1. The third-order valence-electron chi connectivity index (χ3n) is 2.31. The van der Waals surface area contributed by atoms with E-state index in [0.717, 1.165) is 16.3 Å². The lowest BCUT2D eigenvalue weighted by atomic mass is 10.3. The van der Waals surface area contributed by atoms with Crippen LogP contribution in [0, 0.1) is 13.8 Å². The molecule has 0 aliphatic carbocycles. The Kier molecular flexibility index (Phi) is 3.28. The van der Waals surface area contributed by atoms with Gasteiger partial charge in [-0.2, -0.15) is 0 Å². The van der Waals surface area contributed by atoms with E-state index in [4.69, 9.17) is 4.42 Å². The van der Waals surface area contributed by atoms with Crippen LogP contribution in [-0.2, 0) is 0 Å². The lowest BCUT2D eigenvalue weighted by Crippen LogP contribution is -1.95. The molecule has 0 N–H and O–H groups in total. The maximum Gasteiger partial charge on any atom is 0.261 e. The minimum Gasteiger partial charge on any atom is -0.436 e. The van der Waals surface area contributed by atoms with Crippen molar-refractivity contribution in [3.63, 3.8) is 0 Å². The standard InChI is InChI=1S/C12H12N2O2S/c1-7-9(3)16-12(14-7)17-10-4-5-11(8(2)15)13-6-10/h4-6H,1-3H3. The van der Waals surface area contributed by atoms with Gasteiger partial charge in [0.25, 0.3) is 5.22 Å². The summed E-state index contributed by atoms with van der Waals surface area (Å²) in [6.07, 6.45) is 1.65. The van der Waals surface area contributed by atoms with Crippen molar-refractivity contribution >= 4 is 17.5 Å². The average Bonchev–Trinajstić information content (AvgIpc) is 2.58. The monoisotopic (exact) mass is 248 g/mol. The van der Waals surface area contributed by atoms with E-state index in [9.17, 15) is 4.79 Å². The predicted molar refractivity (Wildman–Crippen MR) is 64.3 cm³/mol. The molecule has 2 heterocycles. The van der Waals surface area contributed by atoms with Crippen LogP contribution in [0.3, 0.4) is 0 Å². The van der Waals surface area contributed by atoms with Crippen LogP contribution >= 0.6 is 11.8 Å². The number of aryl methyl sites for hydroxylation is 2. The topological polar surface area (TPSA) is 56.0 Å². The van der Waals surface area contributed by atoms with Crippen molar-refractivity contribution in [3.05, 3.63) is 35.5 Å². The van der Waals surface area contributed by atoms with Crippen molar-refractivity contribution in [3.8, 4) is 0 Å². The first-order valence-electron chi connectivity index (χ1n) is 5.15. The van der Waals surface area contributed by atoms with Gasteiger partial charge >= 0.3 is 0 Å². The lowest BCUT2D eigenvalue weighted by molar-refractivity contribution is 0.101. The molecule has 17 heavy (non-hydrogen) atoms. The van der Waals surface area contributed by atoms with Crippen LogP contribution in [-0.4, -0.2) is 15.8 Å². The molecule has 0 amide bonds. The number of ketones is 1. The molecule has 0 aliphatic rings. The second kappa shape index (κ2) is 4.71. The lowest BCUT2D eigenvalue weighted by Gasteiger charge is -1.97. The molecule has 0 saturated carbocycles. The minimum absolute atomic E-state index is 0.0376. The van der Waals surface area contributed by atoms with E-state index in [1.54, 1.807) is 12.3 Å². The van der Waals surface area contributed by atoms with Gasteiger partial charge in [0.15, 0.2) is 5.78 Å². The molecule has 5 heteroatoms. The highest BCUT2D eigenvalue weighted by molar-refractivity contribution is 7.99. The van der Waals surface area contributed by atoms with Gasteiger partial charge in [0, 0.05) is 18.0 Å². The molecule has 0 atom stereocenters. The number of aromatic nitrogens is 2. The molecule has 0 radical (unpaired) electrons. The smallest absolute Gasteiger partial charge is 0.261 e. The first-order chi connectivity index (χ1) is 8.06. The van der Waals surface area contributed by atoms with Crippen molar-refractivity contribution in [1.82, 2.24) is 9.97 Å². The number of nitrogens with zero attached hydrogens (tertiary/aromatic N) is 2. The van der Waals surface area contributed by atoms with E-state index in [1.165, 1.54) is 18.7 Å². The second-order valence-electron chi connectivity index (χ2n) is 3.66. The molecular weight excluding hydrogens is 236 g/mol. The van der Waals surface area contributed by atoms with Crippen molar-refractivity contribution in [2.75, 3.05) is 0 Å². The van der Waals surface area contributed by atoms with E-state index in [1.807, 2.05) is 19.9 Å². The fourth-order valence-corrected chi connectivity index (χ4v) is 2.03. The van der Waals surface area contributed by atoms with Crippen molar-refractivity contribution < 1.29 is 9.21 Å². The minimum atomic E-state index is -0.0376. The summed E-state index contributed by atoms with van der Waals surface area (Å²) in [6.45, 7) is 5.28. The molecule has 2 aromatic heterocycles. The van der Waals surface area contributed by atoms with Crippen LogP contribution < -0.4 is 0 Å². The van der Waals surface area contributed by atoms with Gasteiger partial charge in [0.2, 0.25) is 0 Å². The zero-order valence-corrected chi connectivity index (χ0v) is 10.7. The third kappa shape index (κ3) is 2.74. The molecule has 0 aliphatic heterocycles. The normalized spacial score (nSPS) is 10.5. The zero-order valence-electron chi connectivity index (χ0n) is 9.85. The Morgan fingerprint density at radius 3 is 2.59 bits per heavy atom. The molecule has 0 saturated heterocycles. The predicted octanol–water partition coefficient (Wildman–Crippen LogP) is 3.04. The number of hydrogen-bond acceptors (Lipinski definition) is 5. The number of hydrogen-bond donors (Lipinski definition) is 0. The largest absolute Gasteiger partial charge is 0.436 e. The van der Waals surface area contributed by atoms with Crippen LogP contribution in [0.15, 0.2) is 32.9 Å². The van der Waals surface area contributed by atoms with E-state index in [-0.39, 0.29) is 5.78 Å². The van der Waals surface area contributed by atoms with Gasteiger partial charge in [-0.05, 0) is 37.7 Å². The number of rotatable bonds is 3. The van der Waals surface area contributed by atoms with Gasteiger partial charge in [-0.3, -0.25) is 9.78 Å². The number of carbonyl (C=O) groups excluding carboxylic acids is 1. The number of oxazole rings is 1. The fraction of sp³-hybridized carbons (Fsp3) is 0.250. The van der Waals surface area contributed by atoms with Crippen molar-refractivity contribution in [2.45, 2.75) is 30.9 Å². The zero-order chi connectivity index (χ0) is 12.4. The Labute approximate surface area is 103 Å². The van der Waals surface area contributed by atoms with E-state index in [0.29, 0.717) is 10.9 Å². The quantitative estimate of drug-likeness (QED) is 0.781. The van der Waals surface area contributed by atoms with Crippen LogP contribution in [0.25, 0.3) is 0 Å². The molecule has 0 aromatic carbocycles. The van der Waals surface area contributed by atoms with Gasteiger partial charge in [-0.1, -0.05) is 0 Å². The first-order valence-corrected chi connectivity index (χ1v) is 5.97. The molecule has 0 spiro atoms. The summed E-state index contributed by atoms with van der Waals surface area (Å²) >= 11 is 1.39. The highest BCUT2D eigenvalue weighted by Gasteiger charge is 2.08. The van der Waals surface area contributed by atoms with Crippen LogP contribution in [0.1, 0.15) is 28.9 Å². The van der Waals surface area contributed by atoms with Gasteiger partial charge < -0.3 is 4.42 Å². The Morgan fingerprint density at radius 1 is 1.35 bits per heavy atom. The Morgan fingerprint density at radius 2 is 2.12 bits per heavy atom. The Balaban J connectivity index is 2.16. The molecule has 88 valence electrons. The van der Waals surface area contributed by atoms with Crippen LogP contribution in [0.5, 0.6) is 0 Å². The molecule has 0 unspecified atom stereocenters. The first kappa shape index (κ1) is 11.9. The number of carbonyl (C=O) groups is 1. The summed E-state index contributed by atoms with van der Waals surface area (Å²) in [6, 6.07) is 3.54. The van der Waals surface area contributed by atoms with E-state index < -0.39 is 0 Å². The van der Waals surface area contributed by atoms with Gasteiger partial charge in [0.1, 0.15) is 11.5 Å². The summed E-state index contributed by atoms with van der Waals surface area (Å²) in [7, 11) is 0. The second-order valence-corrected chi connectivity index (χ2v) is 4.68. The Hall–Kier alpha value is -1.62. The molecular formula is C12H12N2O2S. The van der Waals surface area contributed by atoms with Crippen molar-refractivity contribution in [2.24, 2.45) is 0 Å². The number of pyridine rings is 1. The molecule has 2 aromatic rings. The highest BCUT2D eigenvalue weighted by atomic mass is 32.2. The van der Waals surface area contributed by atoms with Gasteiger partial charge in [0.05, 0.1) is 5.69 Å². The molecule has 4 nitrogen and oxygen atoms in total. The average molecular weight is 248 g/mol. The highest BCUT2D eigenvalue weighted by Crippen LogP contribution is 2.27. The third-order valence-corrected chi connectivity index (χ3v) is 3.14. The summed E-state index contributed by atoms with van der Waals surface area (Å²) in [5.74, 6) is 0.783. The summed E-state index contributed by atoms with van der Waals surface area (Å²) in [5.41, 5.74) is 1.36. The van der Waals surface area contributed by atoms with Crippen LogP contribution in [0.4, 0.5) is 0 Å².